The highest BCUT2D eigenvalue weighted by Crippen LogP contribution is 2.25. The van der Waals surface area contributed by atoms with E-state index in [9.17, 15) is 8.42 Å². The van der Waals surface area contributed by atoms with E-state index in [1.807, 2.05) is 56.3 Å². The Bertz CT molecular complexity index is 1630. The van der Waals surface area contributed by atoms with Gasteiger partial charge in [-0.15, -0.1) is 0 Å². The first-order valence-electron chi connectivity index (χ1n) is 11.3. The molecule has 9 heteroatoms. The number of nitrogens with zero attached hydrogens (tertiary/aromatic N) is 3. The Hall–Kier alpha value is -4.50. The Morgan fingerprint density at radius 3 is 2.17 bits per heavy atom. The average molecular weight is 497 g/mol. The van der Waals surface area contributed by atoms with Gasteiger partial charge in [0.1, 0.15) is 10.7 Å². The highest BCUT2D eigenvalue weighted by atomic mass is 32.2. The number of sulfonamides is 1. The minimum absolute atomic E-state index is 0.129. The lowest BCUT2D eigenvalue weighted by Gasteiger charge is -2.12. The van der Waals surface area contributed by atoms with Crippen LogP contribution in [0.25, 0.3) is 10.9 Å². The van der Waals surface area contributed by atoms with Gasteiger partial charge in [-0.2, -0.15) is 4.98 Å². The zero-order valence-corrected chi connectivity index (χ0v) is 20.5. The minimum atomic E-state index is -3.82. The van der Waals surface area contributed by atoms with Crippen LogP contribution < -0.4 is 15.4 Å². The summed E-state index contributed by atoms with van der Waals surface area (Å²) in [5.41, 5.74) is 4.49. The van der Waals surface area contributed by atoms with Crippen LogP contribution in [0.5, 0.6) is 0 Å². The Morgan fingerprint density at radius 1 is 0.722 bits per heavy atom. The van der Waals surface area contributed by atoms with Crippen molar-refractivity contribution in [1.82, 2.24) is 15.0 Å². The second kappa shape index (κ2) is 9.63. The van der Waals surface area contributed by atoms with Gasteiger partial charge in [-0.05, 0) is 62.4 Å². The van der Waals surface area contributed by atoms with Gasteiger partial charge in [0.15, 0.2) is 0 Å². The first-order chi connectivity index (χ1) is 17.4. The van der Waals surface area contributed by atoms with Crippen LogP contribution in [-0.4, -0.2) is 23.4 Å². The molecule has 0 bridgehead atoms. The third kappa shape index (κ3) is 5.26. The molecule has 0 aliphatic carbocycles. The first-order valence-corrected chi connectivity index (χ1v) is 12.8. The van der Waals surface area contributed by atoms with Crippen molar-refractivity contribution >= 4 is 49.8 Å². The second-order valence-electron chi connectivity index (χ2n) is 8.35. The molecule has 180 valence electrons. The Kier molecular flexibility index (Phi) is 6.22. The molecular weight excluding hydrogens is 472 g/mol. The van der Waals surface area contributed by atoms with Gasteiger partial charge in [-0.1, -0.05) is 35.9 Å². The van der Waals surface area contributed by atoms with E-state index in [1.165, 1.54) is 5.56 Å². The van der Waals surface area contributed by atoms with E-state index < -0.39 is 10.0 Å². The van der Waals surface area contributed by atoms with Gasteiger partial charge in [0.2, 0.25) is 5.95 Å². The summed E-state index contributed by atoms with van der Waals surface area (Å²) in [6.45, 7) is 3.94. The van der Waals surface area contributed by atoms with E-state index >= 15 is 0 Å². The molecule has 0 radical (unpaired) electrons. The molecule has 3 aromatic carbocycles. The standard InChI is InChI=1S/C27H24N6O2S/c1-18-8-10-21(11-9-18)30-25-17-19(2)29-27(32-25)31-22-12-14-23(15-13-22)33-36(34,35)24-7-3-5-20-6-4-16-28-26(20)24/h3-17,33H,1-2H3,(H2,29,30,31,32). The largest absolute Gasteiger partial charge is 0.340 e. The molecule has 3 N–H and O–H groups in total. The van der Waals surface area contributed by atoms with Gasteiger partial charge >= 0.3 is 0 Å². The maximum atomic E-state index is 13.0. The summed E-state index contributed by atoms with van der Waals surface area (Å²) >= 11 is 0. The van der Waals surface area contributed by atoms with Gasteiger partial charge in [-0.25, -0.2) is 13.4 Å². The van der Waals surface area contributed by atoms with Crippen LogP contribution in [0.3, 0.4) is 0 Å². The van der Waals surface area contributed by atoms with Crippen LogP contribution in [0.2, 0.25) is 0 Å². The lowest BCUT2D eigenvalue weighted by atomic mass is 10.2. The highest BCUT2D eigenvalue weighted by Gasteiger charge is 2.18. The van der Waals surface area contributed by atoms with Crippen molar-refractivity contribution < 1.29 is 8.42 Å². The molecule has 0 aliphatic rings. The fourth-order valence-electron chi connectivity index (χ4n) is 3.73. The van der Waals surface area contributed by atoms with E-state index in [1.54, 1.807) is 48.7 Å². The monoisotopic (exact) mass is 496 g/mol. The van der Waals surface area contributed by atoms with Crippen molar-refractivity contribution in [3.63, 3.8) is 0 Å². The van der Waals surface area contributed by atoms with Crippen LogP contribution in [0.4, 0.5) is 28.8 Å². The van der Waals surface area contributed by atoms with E-state index in [0.29, 0.717) is 23.0 Å². The van der Waals surface area contributed by atoms with Gasteiger partial charge < -0.3 is 10.6 Å². The van der Waals surface area contributed by atoms with Crippen molar-refractivity contribution in [2.75, 3.05) is 15.4 Å². The SMILES string of the molecule is Cc1ccc(Nc2cc(C)nc(Nc3ccc(NS(=O)(=O)c4cccc5cccnc45)cc3)n2)cc1. The zero-order chi connectivity index (χ0) is 25.1. The van der Waals surface area contributed by atoms with Crippen molar-refractivity contribution in [3.8, 4) is 0 Å². The summed E-state index contributed by atoms with van der Waals surface area (Å²) in [6, 6.07) is 25.5. The number of para-hydroxylation sites is 1. The summed E-state index contributed by atoms with van der Waals surface area (Å²) in [4.78, 5) is 13.4. The maximum absolute atomic E-state index is 13.0. The molecular formula is C27H24N6O2S. The summed E-state index contributed by atoms with van der Waals surface area (Å²) in [6.07, 6.45) is 1.58. The first kappa shape index (κ1) is 23.3. The number of aromatic nitrogens is 3. The normalized spacial score (nSPS) is 11.3. The Labute approximate surface area is 209 Å². The second-order valence-corrected chi connectivity index (χ2v) is 10.00. The molecule has 36 heavy (non-hydrogen) atoms. The van der Waals surface area contributed by atoms with Crippen molar-refractivity contribution in [2.45, 2.75) is 18.7 Å². The summed E-state index contributed by atoms with van der Waals surface area (Å²) in [5, 5.41) is 7.22. The fourth-order valence-corrected chi connectivity index (χ4v) is 4.97. The van der Waals surface area contributed by atoms with E-state index in [-0.39, 0.29) is 4.90 Å². The number of fused-ring (bicyclic) bond motifs is 1. The summed E-state index contributed by atoms with van der Waals surface area (Å²) in [7, 11) is -3.82. The maximum Gasteiger partial charge on any atom is 0.264 e. The molecule has 0 aliphatic heterocycles. The quantitative estimate of drug-likeness (QED) is 0.256. The number of hydrogen-bond donors (Lipinski definition) is 3. The van der Waals surface area contributed by atoms with Crippen LogP contribution in [0.15, 0.2) is 96.0 Å². The van der Waals surface area contributed by atoms with Crippen molar-refractivity contribution in [2.24, 2.45) is 0 Å². The molecule has 5 rings (SSSR count). The van der Waals surface area contributed by atoms with Crippen LogP contribution >= 0.6 is 0 Å². The predicted molar refractivity (Wildman–Crippen MR) is 144 cm³/mol. The Balaban J connectivity index is 1.31. The minimum Gasteiger partial charge on any atom is -0.340 e. The van der Waals surface area contributed by atoms with Crippen LogP contribution in [-0.2, 0) is 10.0 Å². The molecule has 0 fully saturated rings. The number of nitrogens with one attached hydrogen (secondary N) is 3. The molecule has 8 nitrogen and oxygen atoms in total. The van der Waals surface area contributed by atoms with E-state index in [0.717, 1.165) is 22.5 Å². The third-order valence-electron chi connectivity index (χ3n) is 5.46. The summed E-state index contributed by atoms with van der Waals surface area (Å²) in [5.74, 6) is 1.10. The topological polar surface area (TPSA) is 109 Å². The molecule has 0 unspecified atom stereocenters. The molecule has 2 heterocycles. The van der Waals surface area contributed by atoms with Crippen LogP contribution in [0.1, 0.15) is 11.3 Å². The smallest absolute Gasteiger partial charge is 0.264 e. The number of hydrogen-bond acceptors (Lipinski definition) is 7. The molecule has 0 amide bonds. The summed E-state index contributed by atoms with van der Waals surface area (Å²) < 4.78 is 28.7. The number of rotatable bonds is 7. The van der Waals surface area contributed by atoms with Gasteiger partial charge in [-0.3, -0.25) is 9.71 Å². The van der Waals surface area contributed by atoms with Crippen molar-refractivity contribution in [1.29, 1.82) is 0 Å². The number of aryl methyl sites for hydroxylation is 2. The molecule has 0 saturated carbocycles. The molecule has 0 saturated heterocycles. The highest BCUT2D eigenvalue weighted by molar-refractivity contribution is 7.93. The molecule has 2 aromatic heterocycles. The molecule has 0 spiro atoms. The van der Waals surface area contributed by atoms with Crippen LogP contribution in [0, 0.1) is 13.8 Å². The fraction of sp³-hybridized carbons (Fsp3) is 0.0741. The predicted octanol–water partition coefficient (Wildman–Crippen LogP) is 5.93. The molecule has 0 atom stereocenters. The number of pyridine rings is 1. The van der Waals surface area contributed by atoms with Gasteiger partial charge in [0, 0.05) is 40.4 Å². The van der Waals surface area contributed by atoms with Crippen molar-refractivity contribution in [3.05, 3.63) is 102 Å². The zero-order valence-electron chi connectivity index (χ0n) is 19.7. The lowest BCUT2D eigenvalue weighted by molar-refractivity contribution is 0.602. The van der Waals surface area contributed by atoms with E-state index in [4.69, 9.17) is 0 Å². The molecule has 5 aromatic rings. The number of benzene rings is 3. The average Bonchev–Trinajstić information content (AvgIpc) is 2.86. The van der Waals surface area contributed by atoms with Gasteiger partial charge in [0.25, 0.3) is 10.0 Å². The third-order valence-corrected chi connectivity index (χ3v) is 6.87. The number of anilines is 5. The lowest BCUT2D eigenvalue weighted by Crippen LogP contribution is -2.13. The van der Waals surface area contributed by atoms with E-state index in [2.05, 4.69) is 30.3 Å². The Morgan fingerprint density at radius 2 is 1.39 bits per heavy atom. The van der Waals surface area contributed by atoms with Gasteiger partial charge in [0.05, 0.1) is 5.52 Å².